The second-order valence-electron chi connectivity index (χ2n) is 4.21. The first-order chi connectivity index (χ1) is 9.32. The van der Waals surface area contributed by atoms with Gasteiger partial charge in [-0.3, -0.25) is 19.4 Å². The highest BCUT2D eigenvalue weighted by atomic mass is 35.5. The van der Waals surface area contributed by atoms with Gasteiger partial charge in [-0.1, -0.05) is 36.0 Å². The van der Waals surface area contributed by atoms with E-state index in [1.165, 1.54) is 7.05 Å². The Balaban J connectivity index is 2.27. The van der Waals surface area contributed by atoms with Crippen LogP contribution in [-0.4, -0.2) is 39.7 Å². The first-order valence-electron chi connectivity index (χ1n) is 5.54. The minimum atomic E-state index is -0.869. The molecule has 104 valence electrons. The fourth-order valence-electron chi connectivity index (χ4n) is 1.75. The number of nitrogens with two attached hydrogens (primary N) is 1. The molecule has 2 rings (SSSR count). The van der Waals surface area contributed by atoms with Crippen molar-refractivity contribution < 1.29 is 14.4 Å². The van der Waals surface area contributed by atoms with E-state index in [-0.39, 0.29) is 11.5 Å². The number of carbonyl (C=O) groups excluding carboxylic acids is 3. The smallest absolute Gasteiger partial charge is 0.334 e. The molecule has 1 saturated heterocycles. The minimum absolute atomic E-state index is 0.0792. The molecule has 8 heteroatoms. The van der Waals surface area contributed by atoms with E-state index in [1.807, 2.05) is 0 Å². The first kappa shape index (κ1) is 14.4. The molecule has 1 heterocycles. The van der Waals surface area contributed by atoms with Gasteiger partial charge in [-0.2, -0.15) is 0 Å². The van der Waals surface area contributed by atoms with Gasteiger partial charge in [0.05, 0.1) is 6.54 Å². The van der Waals surface area contributed by atoms with Gasteiger partial charge in [0.15, 0.2) is 0 Å². The number of carbonyl (C=O) groups is 3. The lowest BCUT2D eigenvalue weighted by atomic mass is 10.1. The third-order valence-corrected chi connectivity index (χ3v) is 3.50. The summed E-state index contributed by atoms with van der Waals surface area (Å²) in [6.45, 7) is -0.0792. The van der Waals surface area contributed by atoms with Gasteiger partial charge in [-0.25, -0.2) is 4.79 Å². The number of imide groups is 2. The van der Waals surface area contributed by atoms with E-state index in [1.54, 1.807) is 18.2 Å². The number of hydrogen-bond donors (Lipinski definition) is 1. The zero-order chi connectivity index (χ0) is 15.0. The number of amides is 4. The van der Waals surface area contributed by atoms with Crippen LogP contribution >= 0.6 is 23.8 Å². The van der Waals surface area contributed by atoms with Crippen molar-refractivity contribution in [3.8, 4) is 0 Å². The Morgan fingerprint density at radius 3 is 2.40 bits per heavy atom. The van der Waals surface area contributed by atoms with E-state index in [9.17, 15) is 14.4 Å². The van der Waals surface area contributed by atoms with Crippen LogP contribution < -0.4 is 5.73 Å². The fraction of sp³-hybridized carbons (Fsp3) is 0.167. The molecule has 0 spiro atoms. The summed E-state index contributed by atoms with van der Waals surface area (Å²) >= 11 is 10.9. The van der Waals surface area contributed by atoms with Crippen LogP contribution in [0.15, 0.2) is 18.2 Å². The van der Waals surface area contributed by atoms with Gasteiger partial charge >= 0.3 is 17.8 Å². The monoisotopic (exact) mass is 311 g/mol. The van der Waals surface area contributed by atoms with Gasteiger partial charge in [0.25, 0.3) is 0 Å². The molecule has 2 N–H and O–H groups in total. The van der Waals surface area contributed by atoms with Crippen LogP contribution in [0.4, 0.5) is 4.79 Å². The molecule has 1 aliphatic rings. The van der Waals surface area contributed by atoms with Gasteiger partial charge < -0.3 is 5.73 Å². The fourth-order valence-corrected chi connectivity index (χ4v) is 2.12. The van der Waals surface area contributed by atoms with Crippen LogP contribution in [0.5, 0.6) is 0 Å². The number of likely N-dealkylation sites (N-methyl/N-ethyl adjacent to an activating group) is 1. The largest absolute Gasteiger partial charge is 0.389 e. The van der Waals surface area contributed by atoms with Gasteiger partial charge in [-0.05, 0) is 11.6 Å². The second-order valence-corrected chi connectivity index (χ2v) is 5.06. The Morgan fingerprint density at radius 2 is 1.95 bits per heavy atom. The summed E-state index contributed by atoms with van der Waals surface area (Å²) in [7, 11) is 1.25. The van der Waals surface area contributed by atoms with E-state index < -0.39 is 17.8 Å². The molecule has 0 saturated carbocycles. The Morgan fingerprint density at radius 1 is 1.30 bits per heavy atom. The van der Waals surface area contributed by atoms with Gasteiger partial charge in [0.2, 0.25) is 0 Å². The van der Waals surface area contributed by atoms with Crippen molar-refractivity contribution in [3.63, 3.8) is 0 Å². The summed E-state index contributed by atoms with van der Waals surface area (Å²) < 4.78 is 0. The number of hydrogen-bond acceptors (Lipinski definition) is 4. The number of benzene rings is 1. The topological polar surface area (TPSA) is 83.7 Å². The van der Waals surface area contributed by atoms with E-state index in [0.29, 0.717) is 16.1 Å². The molecular weight excluding hydrogens is 302 g/mol. The maximum Gasteiger partial charge on any atom is 0.334 e. The van der Waals surface area contributed by atoms with E-state index in [4.69, 9.17) is 29.6 Å². The summed E-state index contributed by atoms with van der Waals surface area (Å²) in [6.07, 6.45) is 0. The third-order valence-electron chi connectivity index (χ3n) is 2.92. The predicted molar refractivity (Wildman–Crippen MR) is 76.1 cm³/mol. The van der Waals surface area contributed by atoms with Gasteiger partial charge in [0.1, 0.15) is 4.99 Å². The lowest BCUT2D eigenvalue weighted by Gasteiger charge is -2.14. The van der Waals surface area contributed by atoms with Crippen molar-refractivity contribution in [2.45, 2.75) is 6.54 Å². The highest BCUT2D eigenvalue weighted by Crippen LogP contribution is 2.22. The molecule has 1 fully saturated rings. The van der Waals surface area contributed by atoms with Crippen LogP contribution in [0.3, 0.4) is 0 Å². The summed E-state index contributed by atoms with van der Waals surface area (Å²) in [6, 6.07) is 4.13. The number of urea groups is 1. The second kappa shape index (κ2) is 5.18. The van der Waals surface area contributed by atoms with Crippen LogP contribution in [0.25, 0.3) is 0 Å². The molecule has 20 heavy (non-hydrogen) atoms. The van der Waals surface area contributed by atoms with Crippen LogP contribution in [0, 0.1) is 0 Å². The normalized spacial score (nSPS) is 15.2. The number of halogens is 1. The van der Waals surface area contributed by atoms with Crippen molar-refractivity contribution in [2.75, 3.05) is 7.05 Å². The van der Waals surface area contributed by atoms with E-state index in [2.05, 4.69) is 0 Å². The van der Waals surface area contributed by atoms with Crippen molar-refractivity contribution in [2.24, 2.45) is 5.73 Å². The molecule has 1 aliphatic heterocycles. The van der Waals surface area contributed by atoms with Crippen molar-refractivity contribution in [3.05, 3.63) is 34.3 Å². The van der Waals surface area contributed by atoms with Crippen LogP contribution in [0.2, 0.25) is 5.02 Å². The Labute approximate surface area is 125 Å². The molecule has 0 bridgehead atoms. The molecule has 1 aromatic rings. The zero-order valence-electron chi connectivity index (χ0n) is 10.4. The average Bonchev–Trinajstić information content (AvgIpc) is 2.58. The Hall–Kier alpha value is -1.99. The van der Waals surface area contributed by atoms with Gasteiger partial charge in [0, 0.05) is 17.6 Å². The maximum absolute atomic E-state index is 11.7. The van der Waals surface area contributed by atoms with Crippen molar-refractivity contribution in [1.29, 1.82) is 0 Å². The van der Waals surface area contributed by atoms with Crippen LogP contribution in [-0.2, 0) is 16.1 Å². The summed E-state index contributed by atoms with van der Waals surface area (Å²) in [5.74, 6) is -1.72. The van der Waals surface area contributed by atoms with E-state index >= 15 is 0 Å². The number of thiocarbonyl (C=S) groups is 1. The zero-order valence-corrected chi connectivity index (χ0v) is 12.0. The third kappa shape index (κ3) is 2.37. The molecule has 0 aliphatic carbocycles. The molecule has 0 aromatic heterocycles. The van der Waals surface area contributed by atoms with Crippen LogP contribution in [0.1, 0.15) is 11.1 Å². The molecule has 1 aromatic carbocycles. The molecule has 0 radical (unpaired) electrons. The number of nitrogens with zero attached hydrogens (tertiary/aromatic N) is 2. The van der Waals surface area contributed by atoms with E-state index in [0.717, 1.165) is 9.80 Å². The molecule has 4 amide bonds. The lowest BCUT2D eigenvalue weighted by molar-refractivity contribution is -0.143. The highest BCUT2D eigenvalue weighted by Gasteiger charge is 2.42. The first-order valence-corrected chi connectivity index (χ1v) is 6.33. The summed E-state index contributed by atoms with van der Waals surface area (Å²) in [4.78, 5) is 36.6. The van der Waals surface area contributed by atoms with Crippen molar-refractivity contribution in [1.82, 2.24) is 9.80 Å². The highest BCUT2D eigenvalue weighted by molar-refractivity contribution is 7.80. The predicted octanol–water partition coefficient (Wildman–Crippen LogP) is 0.895. The SMILES string of the molecule is CN1C(=O)C(=O)N(Cc2ccc(C(N)=S)cc2Cl)C1=O. The lowest BCUT2D eigenvalue weighted by Crippen LogP contribution is -2.31. The molecule has 6 nitrogen and oxygen atoms in total. The minimum Gasteiger partial charge on any atom is -0.389 e. The average molecular weight is 312 g/mol. The number of rotatable bonds is 3. The summed E-state index contributed by atoms with van der Waals surface area (Å²) in [5, 5.41) is 0.318. The Kier molecular flexibility index (Phi) is 3.74. The van der Waals surface area contributed by atoms with Crippen molar-refractivity contribution >= 4 is 46.7 Å². The summed E-state index contributed by atoms with van der Waals surface area (Å²) in [5.41, 5.74) is 6.59. The maximum atomic E-state index is 11.7. The quantitative estimate of drug-likeness (QED) is 0.509. The molecule has 0 atom stereocenters. The molecular formula is C12H10ClN3O3S. The van der Waals surface area contributed by atoms with Gasteiger partial charge in [-0.15, -0.1) is 0 Å². The Bertz CT molecular complexity index is 647. The molecule has 0 unspecified atom stereocenters. The standard InChI is InChI=1S/C12H10ClN3O3S/c1-15-10(17)11(18)16(12(15)19)5-7-3-2-6(9(14)20)4-8(7)13/h2-4H,5H2,1H3,(H2,14,20).